The summed E-state index contributed by atoms with van der Waals surface area (Å²) in [5, 5.41) is 7.77. The van der Waals surface area contributed by atoms with Gasteiger partial charge in [-0.05, 0) is 40.6 Å². The molecule has 3 nitrogen and oxygen atoms in total. The van der Waals surface area contributed by atoms with Crippen molar-refractivity contribution in [3.05, 3.63) is 22.4 Å². The summed E-state index contributed by atoms with van der Waals surface area (Å²) in [6.45, 7) is 10.8. The lowest BCUT2D eigenvalue weighted by molar-refractivity contribution is -0.134. The Hall–Kier alpha value is -0.870. The minimum absolute atomic E-state index is 0.0356. The zero-order valence-electron chi connectivity index (χ0n) is 13.1. The summed E-state index contributed by atoms with van der Waals surface area (Å²) in [5.74, 6) is 1.05. The third kappa shape index (κ3) is 2.77. The Kier molecular flexibility index (Phi) is 4.86. The molecule has 0 saturated carbocycles. The first-order valence-electron chi connectivity index (χ1n) is 7.57. The molecule has 2 rings (SSSR count). The highest BCUT2D eigenvalue weighted by Gasteiger charge is 2.44. The van der Waals surface area contributed by atoms with Crippen LogP contribution in [0.25, 0.3) is 0 Å². The van der Waals surface area contributed by atoms with E-state index in [0.717, 1.165) is 6.42 Å². The van der Waals surface area contributed by atoms with E-state index in [-0.39, 0.29) is 18.1 Å². The van der Waals surface area contributed by atoms with Crippen LogP contribution in [0.5, 0.6) is 0 Å². The van der Waals surface area contributed by atoms with Crippen LogP contribution in [0.2, 0.25) is 0 Å². The molecule has 0 radical (unpaired) electrons. The first kappa shape index (κ1) is 15.5. The number of hydrogen-bond donors (Lipinski definition) is 1. The van der Waals surface area contributed by atoms with Crippen molar-refractivity contribution in [1.29, 1.82) is 0 Å². The summed E-state index contributed by atoms with van der Waals surface area (Å²) in [6, 6.07) is 2.36. The standard InChI is InChI=1S/C16H26N2OS/c1-6-13(10(2)3)18-15(12-7-8-20-9-12)17-14(11(4)5)16(18)19/h7-11,13-15,17H,6H2,1-5H3. The maximum absolute atomic E-state index is 12.8. The van der Waals surface area contributed by atoms with Crippen LogP contribution in [0.3, 0.4) is 0 Å². The lowest BCUT2D eigenvalue weighted by atomic mass is 9.98. The number of rotatable bonds is 5. The molecule has 0 aromatic carbocycles. The molecule has 1 N–H and O–H groups in total. The van der Waals surface area contributed by atoms with Crippen LogP contribution in [-0.2, 0) is 4.79 Å². The van der Waals surface area contributed by atoms with Crippen molar-refractivity contribution >= 4 is 17.2 Å². The van der Waals surface area contributed by atoms with Crippen molar-refractivity contribution in [3.8, 4) is 0 Å². The number of carbonyl (C=O) groups excluding carboxylic acids is 1. The highest BCUT2D eigenvalue weighted by Crippen LogP contribution is 2.33. The van der Waals surface area contributed by atoms with Crippen molar-refractivity contribution in [2.45, 2.75) is 59.3 Å². The van der Waals surface area contributed by atoms with Gasteiger partial charge in [0.05, 0.1) is 6.04 Å². The molecule has 4 heteroatoms. The highest BCUT2D eigenvalue weighted by molar-refractivity contribution is 7.07. The summed E-state index contributed by atoms with van der Waals surface area (Å²) >= 11 is 1.69. The van der Waals surface area contributed by atoms with E-state index in [1.807, 2.05) is 0 Å². The van der Waals surface area contributed by atoms with E-state index < -0.39 is 0 Å². The predicted molar refractivity (Wildman–Crippen MR) is 84.6 cm³/mol. The van der Waals surface area contributed by atoms with Gasteiger partial charge >= 0.3 is 0 Å². The molecular formula is C16H26N2OS. The molecule has 1 fully saturated rings. The first-order chi connectivity index (χ1) is 9.47. The summed E-state index contributed by atoms with van der Waals surface area (Å²) in [6.07, 6.45) is 1.03. The van der Waals surface area contributed by atoms with Crippen molar-refractivity contribution in [1.82, 2.24) is 10.2 Å². The van der Waals surface area contributed by atoms with E-state index in [1.165, 1.54) is 5.56 Å². The Labute approximate surface area is 126 Å². The molecule has 3 unspecified atom stereocenters. The SMILES string of the molecule is CCC(C(C)C)N1C(=O)C(C(C)C)NC1c1ccsc1. The number of hydrogen-bond acceptors (Lipinski definition) is 3. The van der Waals surface area contributed by atoms with E-state index in [0.29, 0.717) is 17.9 Å². The highest BCUT2D eigenvalue weighted by atomic mass is 32.1. The Morgan fingerprint density at radius 2 is 2.05 bits per heavy atom. The molecule has 0 aliphatic carbocycles. The van der Waals surface area contributed by atoms with Gasteiger partial charge in [-0.1, -0.05) is 34.6 Å². The second-order valence-corrected chi connectivity index (χ2v) is 7.09. The summed E-state index contributed by atoms with van der Waals surface area (Å²) in [4.78, 5) is 14.9. The molecule has 20 heavy (non-hydrogen) atoms. The molecule has 112 valence electrons. The van der Waals surface area contributed by atoms with E-state index >= 15 is 0 Å². The van der Waals surface area contributed by atoms with E-state index in [2.05, 4.69) is 61.7 Å². The number of nitrogens with one attached hydrogen (secondary N) is 1. The van der Waals surface area contributed by atoms with E-state index in [9.17, 15) is 4.79 Å². The third-order valence-corrected chi connectivity index (χ3v) is 4.91. The van der Waals surface area contributed by atoms with Gasteiger partial charge in [-0.2, -0.15) is 11.3 Å². The second kappa shape index (κ2) is 6.27. The monoisotopic (exact) mass is 294 g/mol. The van der Waals surface area contributed by atoms with Crippen LogP contribution in [0.4, 0.5) is 0 Å². The van der Waals surface area contributed by atoms with Gasteiger partial charge in [0.1, 0.15) is 6.17 Å². The Morgan fingerprint density at radius 3 is 2.50 bits per heavy atom. The van der Waals surface area contributed by atoms with Gasteiger partial charge in [-0.3, -0.25) is 10.1 Å². The number of nitrogens with zero attached hydrogens (tertiary/aromatic N) is 1. The van der Waals surface area contributed by atoms with Crippen LogP contribution >= 0.6 is 11.3 Å². The molecule has 1 aliphatic heterocycles. The number of amides is 1. The summed E-state index contributed by atoms with van der Waals surface area (Å²) in [5.41, 5.74) is 1.21. The van der Waals surface area contributed by atoms with Crippen LogP contribution in [0, 0.1) is 11.8 Å². The fourth-order valence-corrected chi connectivity index (χ4v) is 3.80. The van der Waals surface area contributed by atoms with Crippen LogP contribution in [0.1, 0.15) is 52.8 Å². The van der Waals surface area contributed by atoms with Crippen LogP contribution in [0.15, 0.2) is 16.8 Å². The van der Waals surface area contributed by atoms with E-state index in [4.69, 9.17) is 0 Å². The summed E-state index contributed by atoms with van der Waals surface area (Å²) in [7, 11) is 0. The van der Waals surface area contributed by atoms with Gasteiger partial charge in [0, 0.05) is 6.04 Å². The van der Waals surface area contributed by atoms with Crippen molar-refractivity contribution in [3.63, 3.8) is 0 Å². The lowest BCUT2D eigenvalue weighted by Gasteiger charge is -2.34. The third-order valence-electron chi connectivity index (χ3n) is 4.21. The summed E-state index contributed by atoms with van der Waals surface area (Å²) < 4.78 is 0. The predicted octanol–water partition coefficient (Wildman–Crippen LogP) is 3.64. The molecular weight excluding hydrogens is 268 g/mol. The number of carbonyl (C=O) groups is 1. The van der Waals surface area contributed by atoms with Crippen LogP contribution in [-0.4, -0.2) is 22.9 Å². The largest absolute Gasteiger partial charge is 0.318 e. The first-order valence-corrected chi connectivity index (χ1v) is 8.52. The fraction of sp³-hybridized carbons (Fsp3) is 0.688. The minimum atomic E-state index is -0.0623. The molecule has 2 heterocycles. The second-order valence-electron chi connectivity index (χ2n) is 6.31. The average Bonchev–Trinajstić information content (AvgIpc) is 2.99. The molecule has 3 atom stereocenters. The Bertz CT molecular complexity index is 441. The smallest absolute Gasteiger partial charge is 0.241 e. The zero-order chi connectivity index (χ0) is 14.9. The maximum atomic E-state index is 12.8. The zero-order valence-corrected chi connectivity index (χ0v) is 13.9. The van der Waals surface area contributed by atoms with Gasteiger partial charge in [-0.15, -0.1) is 0 Å². The Morgan fingerprint density at radius 1 is 1.35 bits per heavy atom. The number of thiophene rings is 1. The lowest BCUT2D eigenvalue weighted by Crippen LogP contribution is -2.43. The Balaban J connectivity index is 2.35. The maximum Gasteiger partial charge on any atom is 0.241 e. The molecule has 1 amide bonds. The van der Waals surface area contributed by atoms with Crippen LogP contribution < -0.4 is 5.32 Å². The van der Waals surface area contributed by atoms with Gasteiger partial charge < -0.3 is 4.90 Å². The molecule has 0 spiro atoms. The van der Waals surface area contributed by atoms with Gasteiger partial charge in [0.2, 0.25) is 5.91 Å². The van der Waals surface area contributed by atoms with Gasteiger partial charge in [0.25, 0.3) is 0 Å². The fourth-order valence-electron chi connectivity index (χ4n) is 3.12. The average molecular weight is 294 g/mol. The molecule has 0 bridgehead atoms. The van der Waals surface area contributed by atoms with Gasteiger partial charge in [-0.25, -0.2) is 0 Å². The van der Waals surface area contributed by atoms with E-state index in [1.54, 1.807) is 11.3 Å². The minimum Gasteiger partial charge on any atom is -0.318 e. The topological polar surface area (TPSA) is 32.3 Å². The van der Waals surface area contributed by atoms with Crippen molar-refractivity contribution in [2.75, 3.05) is 0 Å². The quantitative estimate of drug-likeness (QED) is 0.899. The molecule has 1 aromatic heterocycles. The van der Waals surface area contributed by atoms with Gasteiger partial charge in [0.15, 0.2) is 0 Å². The van der Waals surface area contributed by atoms with Crippen molar-refractivity contribution in [2.24, 2.45) is 11.8 Å². The molecule has 1 aliphatic rings. The normalized spacial score (nSPS) is 24.9. The van der Waals surface area contributed by atoms with Crippen molar-refractivity contribution < 1.29 is 4.79 Å². The molecule has 1 aromatic rings. The molecule has 1 saturated heterocycles.